The van der Waals surface area contributed by atoms with Crippen molar-refractivity contribution in [3.8, 4) is 0 Å². The second kappa shape index (κ2) is 3.94. The van der Waals surface area contributed by atoms with Crippen LogP contribution in [0.25, 0.3) is 0 Å². The van der Waals surface area contributed by atoms with E-state index >= 15 is 0 Å². The number of hydrogen-bond donors (Lipinski definition) is 2. The van der Waals surface area contributed by atoms with Gasteiger partial charge in [-0.25, -0.2) is 13.1 Å². The topological polar surface area (TPSA) is 66.4 Å². The van der Waals surface area contributed by atoms with Gasteiger partial charge < -0.3 is 5.11 Å². The van der Waals surface area contributed by atoms with Gasteiger partial charge in [-0.1, -0.05) is 6.92 Å². The SMILES string of the molecule is CC(CO)NS(=O)(=O)C1CCC1C. The van der Waals surface area contributed by atoms with E-state index in [1.165, 1.54) is 0 Å². The second-order valence-electron chi connectivity index (χ2n) is 3.84. The number of aliphatic hydroxyl groups is 1. The lowest BCUT2D eigenvalue weighted by Gasteiger charge is -2.33. The molecule has 78 valence electrons. The number of nitrogens with one attached hydrogen (secondary N) is 1. The molecule has 1 fully saturated rings. The van der Waals surface area contributed by atoms with E-state index in [1.54, 1.807) is 6.92 Å². The van der Waals surface area contributed by atoms with Crippen LogP contribution in [-0.2, 0) is 10.0 Å². The predicted octanol–water partition coefficient (Wildman–Crippen LogP) is 0.0851. The first kappa shape index (κ1) is 10.9. The first-order valence-corrected chi connectivity index (χ1v) is 6.14. The Bertz CT molecular complexity index is 263. The summed E-state index contributed by atoms with van der Waals surface area (Å²) in [5.74, 6) is 0.253. The maximum Gasteiger partial charge on any atom is 0.215 e. The fourth-order valence-electron chi connectivity index (χ4n) is 1.50. The van der Waals surface area contributed by atoms with Crippen LogP contribution in [0.1, 0.15) is 26.7 Å². The predicted molar refractivity (Wildman–Crippen MR) is 50.8 cm³/mol. The van der Waals surface area contributed by atoms with E-state index in [0.717, 1.165) is 12.8 Å². The van der Waals surface area contributed by atoms with Gasteiger partial charge in [0, 0.05) is 6.04 Å². The summed E-state index contributed by atoms with van der Waals surface area (Å²) >= 11 is 0. The fourth-order valence-corrected chi connectivity index (χ4v) is 3.51. The molecule has 13 heavy (non-hydrogen) atoms. The minimum Gasteiger partial charge on any atom is -0.395 e. The van der Waals surface area contributed by atoms with Gasteiger partial charge in [-0.3, -0.25) is 0 Å². The van der Waals surface area contributed by atoms with Crippen LogP contribution < -0.4 is 4.72 Å². The average molecular weight is 207 g/mol. The van der Waals surface area contributed by atoms with Gasteiger partial charge in [0.25, 0.3) is 0 Å². The molecule has 1 aliphatic rings. The maximum atomic E-state index is 11.6. The smallest absolute Gasteiger partial charge is 0.215 e. The van der Waals surface area contributed by atoms with Crippen LogP contribution >= 0.6 is 0 Å². The highest BCUT2D eigenvalue weighted by Crippen LogP contribution is 2.32. The molecule has 0 spiro atoms. The van der Waals surface area contributed by atoms with E-state index in [0.29, 0.717) is 0 Å². The van der Waals surface area contributed by atoms with Crippen LogP contribution in [0, 0.1) is 5.92 Å². The van der Waals surface area contributed by atoms with Crippen LogP contribution in [0.3, 0.4) is 0 Å². The van der Waals surface area contributed by atoms with Gasteiger partial charge in [-0.2, -0.15) is 0 Å². The molecule has 0 aromatic carbocycles. The van der Waals surface area contributed by atoms with E-state index in [-0.39, 0.29) is 23.8 Å². The van der Waals surface area contributed by atoms with Gasteiger partial charge >= 0.3 is 0 Å². The lowest BCUT2D eigenvalue weighted by atomic mass is 9.87. The van der Waals surface area contributed by atoms with Gasteiger partial charge in [0.15, 0.2) is 0 Å². The highest BCUT2D eigenvalue weighted by Gasteiger charge is 2.38. The zero-order valence-corrected chi connectivity index (χ0v) is 8.84. The molecule has 1 saturated carbocycles. The van der Waals surface area contributed by atoms with Crippen molar-refractivity contribution in [2.45, 2.75) is 38.0 Å². The third kappa shape index (κ3) is 2.42. The van der Waals surface area contributed by atoms with Gasteiger partial charge in [-0.15, -0.1) is 0 Å². The molecule has 0 heterocycles. The van der Waals surface area contributed by atoms with Crippen molar-refractivity contribution in [1.82, 2.24) is 4.72 Å². The lowest BCUT2D eigenvalue weighted by molar-refractivity contribution is 0.262. The molecule has 1 rings (SSSR count). The molecule has 4 nitrogen and oxygen atoms in total. The summed E-state index contributed by atoms with van der Waals surface area (Å²) in [6.07, 6.45) is 1.73. The summed E-state index contributed by atoms with van der Waals surface area (Å²) < 4.78 is 25.6. The van der Waals surface area contributed by atoms with E-state index in [1.807, 2.05) is 6.92 Å². The van der Waals surface area contributed by atoms with Crippen molar-refractivity contribution in [3.63, 3.8) is 0 Å². The van der Waals surface area contributed by atoms with Crippen LogP contribution in [0.5, 0.6) is 0 Å². The van der Waals surface area contributed by atoms with Crippen molar-refractivity contribution >= 4 is 10.0 Å². The Kier molecular flexibility index (Phi) is 3.32. The van der Waals surface area contributed by atoms with Crippen molar-refractivity contribution in [1.29, 1.82) is 0 Å². The fraction of sp³-hybridized carbons (Fsp3) is 1.00. The molecule has 0 bridgehead atoms. The number of rotatable bonds is 4. The van der Waals surface area contributed by atoms with Crippen LogP contribution in [-0.4, -0.2) is 31.4 Å². The largest absolute Gasteiger partial charge is 0.395 e. The van der Waals surface area contributed by atoms with Crippen LogP contribution in [0.4, 0.5) is 0 Å². The monoisotopic (exact) mass is 207 g/mol. The summed E-state index contributed by atoms with van der Waals surface area (Å²) in [4.78, 5) is 0. The molecule has 0 aliphatic heterocycles. The molecular weight excluding hydrogens is 190 g/mol. The van der Waals surface area contributed by atoms with Gasteiger partial charge in [-0.05, 0) is 25.7 Å². The Morgan fingerprint density at radius 3 is 2.46 bits per heavy atom. The Morgan fingerprint density at radius 1 is 1.54 bits per heavy atom. The van der Waals surface area contributed by atoms with Crippen molar-refractivity contribution in [2.75, 3.05) is 6.61 Å². The maximum absolute atomic E-state index is 11.6. The zero-order valence-electron chi connectivity index (χ0n) is 8.03. The summed E-state index contributed by atoms with van der Waals surface area (Å²) in [5.41, 5.74) is 0. The van der Waals surface area contributed by atoms with Gasteiger partial charge in [0.2, 0.25) is 10.0 Å². The molecule has 5 heteroatoms. The number of sulfonamides is 1. The molecule has 0 radical (unpaired) electrons. The number of hydrogen-bond acceptors (Lipinski definition) is 3. The number of aliphatic hydroxyl groups excluding tert-OH is 1. The molecule has 3 atom stereocenters. The molecule has 2 N–H and O–H groups in total. The van der Waals surface area contributed by atoms with E-state index in [2.05, 4.69) is 4.72 Å². The average Bonchev–Trinajstić information content (AvgIpc) is 1.99. The molecule has 3 unspecified atom stereocenters. The van der Waals surface area contributed by atoms with Gasteiger partial charge in [0.1, 0.15) is 0 Å². The zero-order chi connectivity index (χ0) is 10.1. The van der Waals surface area contributed by atoms with Crippen molar-refractivity contribution in [2.24, 2.45) is 5.92 Å². The summed E-state index contributed by atoms with van der Waals surface area (Å²) in [5, 5.41) is 8.46. The minimum absolute atomic E-state index is 0.152. The highest BCUT2D eigenvalue weighted by atomic mass is 32.2. The van der Waals surface area contributed by atoms with Crippen LogP contribution in [0.15, 0.2) is 0 Å². The van der Waals surface area contributed by atoms with Crippen molar-refractivity contribution < 1.29 is 13.5 Å². The Morgan fingerprint density at radius 2 is 2.15 bits per heavy atom. The molecular formula is C8H17NO3S. The lowest BCUT2D eigenvalue weighted by Crippen LogP contribution is -2.47. The summed E-state index contributed by atoms with van der Waals surface area (Å²) in [6, 6.07) is -0.377. The van der Waals surface area contributed by atoms with E-state index < -0.39 is 10.0 Å². The van der Waals surface area contributed by atoms with E-state index in [9.17, 15) is 8.42 Å². The molecule has 0 saturated heterocycles. The summed E-state index contributed by atoms with van der Waals surface area (Å²) in [7, 11) is -3.19. The normalized spacial score (nSPS) is 31.0. The van der Waals surface area contributed by atoms with Crippen molar-refractivity contribution in [3.05, 3.63) is 0 Å². The molecule has 0 aromatic rings. The first-order valence-electron chi connectivity index (χ1n) is 4.59. The molecule has 0 amide bonds. The minimum atomic E-state index is -3.19. The molecule has 1 aliphatic carbocycles. The second-order valence-corrected chi connectivity index (χ2v) is 5.77. The third-order valence-corrected chi connectivity index (χ3v) is 4.81. The van der Waals surface area contributed by atoms with E-state index in [4.69, 9.17) is 5.11 Å². The standard InChI is InChI=1S/C8H17NO3S/c1-6-3-4-8(6)13(11,12)9-7(2)5-10/h6-10H,3-5H2,1-2H3. The quantitative estimate of drug-likeness (QED) is 0.686. The Hall–Kier alpha value is -0.130. The third-order valence-electron chi connectivity index (χ3n) is 2.58. The Balaban J connectivity index is 2.56. The van der Waals surface area contributed by atoms with Gasteiger partial charge in [0.05, 0.1) is 11.9 Å². The summed E-state index contributed by atoms with van der Waals surface area (Å²) in [6.45, 7) is 3.44. The van der Waals surface area contributed by atoms with Crippen LogP contribution in [0.2, 0.25) is 0 Å². The Labute approximate surface area is 79.4 Å². The highest BCUT2D eigenvalue weighted by molar-refractivity contribution is 7.90. The first-order chi connectivity index (χ1) is 5.97. The molecule has 0 aromatic heterocycles.